The predicted octanol–water partition coefficient (Wildman–Crippen LogP) is 4.95. The molecule has 0 amide bonds. The zero-order valence-corrected chi connectivity index (χ0v) is 21.4. The van der Waals surface area contributed by atoms with Crippen molar-refractivity contribution in [3.8, 4) is 0 Å². The molecular weight excluding hydrogens is 405 g/mol. The van der Waals surface area contributed by atoms with E-state index in [-0.39, 0.29) is 18.2 Å². The summed E-state index contributed by atoms with van der Waals surface area (Å²) in [6.45, 7) is 19.4. The second kappa shape index (κ2) is 8.38. The second-order valence-electron chi connectivity index (χ2n) is 11.9. The van der Waals surface area contributed by atoms with Crippen molar-refractivity contribution in [2.45, 2.75) is 135 Å². The summed E-state index contributed by atoms with van der Waals surface area (Å²) in [6.07, 6.45) is 1.49. The smallest absolute Gasteiger partial charge is 0.313 e. The van der Waals surface area contributed by atoms with Crippen LogP contribution >= 0.6 is 7.75 Å². The molecule has 30 heavy (non-hydrogen) atoms. The maximum Gasteiger partial charge on any atom is 0.406 e. The van der Waals surface area contributed by atoms with Gasteiger partial charge >= 0.3 is 7.75 Å². The van der Waals surface area contributed by atoms with E-state index >= 15 is 0 Å². The van der Waals surface area contributed by atoms with Gasteiger partial charge in [-0.1, -0.05) is 0 Å². The highest BCUT2D eigenvalue weighted by Gasteiger charge is 2.50. The molecule has 0 spiro atoms. The van der Waals surface area contributed by atoms with Crippen LogP contribution in [0.15, 0.2) is 0 Å². The first-order valence-electron chi connectivity index (χ1n) is 11.0. The Bertz CT molecular complexity index is 581. The molecule has 178 valence electrons. The van der Waals surface area contributed by atoms with Crippen molar-refractivity contribution in [2.24, 2.45) is 0 Å². The molecule has 0 aliphatic carbocycles. The summed E-state index contributed by atoms with van der Waals surface area (Å²) in [5.74, 6) is 0. The molecule has 9 heteroatoms. The number of nitrogens with one attached hydrogen (secondary N) is 1. The van der Waals surface area contributed by atoms with Crippen molar-refractivity contribution in [1.29, 1.82) is 0 Å². The van der Waals surface area contributed by atoms with Gasteiger partial charge in [0.15, 0.2) is 0 Å². The fourth-order valence-electron chi connectivity index (χ4n) is 5.30. The van der Waals surface area contributed by atoms with Crippen molar-refractivity contribution in [2.75, 3.05) is 0 Å². The van der Waals surface area contributed by atoms with Crippen LogP contribution in [0.4, 0.5) is 0 Å². The van der Waals surface area contributed by atoms with E-state index in [4.69, 9.17) is 9.05 Å². The Kier molecular flexibility index (Phi) is 7.32. The maximum absolute atomic E-state index is 13.9. The third-order valence-electron chi connectivity index (χ3n) is 6.19. The first kappa shape index (κ1) is 26.2. The van der Waals surface area contributed by atoms with Crippen LogP contribution in [0.3, 0.4) is 0 Å². The maximum atomic E-state index is 13.9. The third kappa shape index (κ3) is 5.84. The first-order valence-corrected chi connectivity index (χ1v) is 12.6. The zero-order chi connectivity index (χ0) is 23.3. The summed E-state index contributed by atoms with van der Waals surface area (Å²) in [5, 5.41) is 26.9. The van der Waals surface area contributed by atoms with Crippen LogP contribution in [0.2, 0.25) is 0 Å². The van der Waals surface area contributed by atoms with Crippen LogP contribution in [0, 0.1) is 0 Å². The zero-order valence-electron chi connectivity index (χ0n) is 20.5. The summed E-state index contributed by atoms with van der Waals surface area (Å²) in [6, 6.07) is -0.0891. The fraction of sp³-hybridized carbons (Fsp3) is 1.00. The van der Waals surface area contributed by atoms with Crippen molar-refractivity contribution in [1.82, 2.24) is 15.2 Å². The van der Waals surface area contributed by atoms with Crippen LogP contribution < -0.4 is 5.09 Å². The number of piperidine rings is 2. The van der Waals surface area contributed by atoms with Crippen molar-refractivity contribution in [3.63, 3.8) is 0 Å². The second-order valence-corrected chi connectivity index (χ2v) is 13.6. The lowest BCUT2D eigenvalue weighted by Crippen LogP contribution is -2.61. The van der Waals surface area contributed by atoms with Gasteiger partial charge in [0.2, 0.25) is 0 Å². The minimum absolute atomic E-state index is 0.0891. The number of hydroxylamine groups is 4. The molecule has 2 fully saturated rings. The van der Waals surface area contributed by atoms with Crippen LogP contribution in [0.1, 0.15) is 94.9 Å². The van der Waals surface area contributed by atoms with Crippen molar-refractivity contribution >= 4 is 7.75 Å². The van der Waals surface area contributed by atoms with Crippen LogP contribution in [-0.4, -0.2) is 60.9 Å². The standard InChI is InChI=1S/C21H44N3O5P/c1-15(2)22-30(27,28-16-11-18(3,4)23(25)19(5,6)12-16)29-17-13-20(7,8)24(26)21(9,10)14-17/h15-17,25-26H,11-14H2,1-10H3,(H,22,27). The van der Waals surface area contributed by atoms with E-state index in [0.717, 1.165) is 0 Å². The molecule has 2 aliphatic rings. The van der Waals surface area contributed by atoms with Crippen LogP contribution in [-0.2, 0) is 13.6 Å². The molecule has 0 aromatic heterocycles. The molecule has 0 saturated carbocycles. The summed E-state index contributed by atoms with van der Waals surface area (Å²) < 4.78 is 26.2. The van der Waals surface area contributed by atoms with Gasteiger partial charge < -0.3 is 10.4 Å². The van der Waals surface area contributed by atoms with Gasteiger partial charge in [0.25, 0.3) is 0 Å². The lowest BCUT2D eigenvalue weighted by Gasteiger charge is -2.52. The monoisotopic (exact) mass is 449 g/mol. The van der Waals surface area contributed by atoms with E-state index in [1.165, 1.54) is 10.1 Å². The van der Waals surface area contributed by atoms with E-state index in [1.54, 1.807) is 0 Å². The van der Waals surface area contributed by atoms with E-state index in [9.17, 15) is 15.0 Å². The Balaban J connectivity index is 2.23. The van der Waals surface area contributed by atoms with Crippen molar-refractivity contribution < 1.29 is 24.0 Å². The summed E-state index contributed by atoms with van der Waals surface area (Å²) in [4.78, 5) is 0. The van der Waals surface area contributed by atoms with Gasteiger partial charge in [-0.2, -0.15) is 10.1 Å². The molecule has 0 bridgehead atoms. The van der Waals surface area contributed by atoms with Crippen molar-refractivity contribution in [3.05, 3.63) is 0 Å². The Hall–Kier alpha value is -0.0500. The van der Waals surface area contributed by atoms with Gasteiger partial charge in [-0.05, 0) is 94.9 Å². The minimum atomic E-state index is -3.63. The summed E-state index contributed by atoms with van der Waals surface area (Å²) in [7, 11) is -3.63. The minimum Gasteiger partial charge on any atom is -0.313 e. The molecule has 8 nitrogen and oxygen atoms in total. The summed E-state index contributed by atoms with van der Waals surface area (Å²) in [5.41, 5.74) is -2.05. The lowest BCUT2D eigenvalue weighted by molar-refractivity contribution is -0.258. The van der Waals surface area contributed by atoms with Gasteiger partial charge in [0.05, 0.1) is 12.2 Å². The number of nitrogens with zero attached hydrogens (tertiary/aromatic N) is 2. The first-order chi connectivity index (χ1) is 13.3. The molecule has 0 aromatic carbocycles. The third-order valence-corrected chi connectivity index (χ3v) is 8.18. The Labute approximate surface area is 182 Å². The highest BCUT2D eigenvalue weighted by Crippen LogP contribution is 2.53. The van der Waals surface area contributed by atoms with Crippen LogP contribution in [0.5, 0.6) is 0 Å². The highest BCUT2D eigenvalue weighted by molar-refractivity contribution is 7.51. The van der Waals surface area contributed by atoms with Crippen LogP contribution in [0.25, 0.3) is 0 Å². The largest absolute Gasteiger partial charge is 0.406 e. The molecular formula is C21H44N3O5P. The van der Waals surface area contributed by atoms with Gasteiger partial charge in [0.1, 0.15) is 0 Å². The number of rotatable bonds is 6. The highest BCUT2D eigenvalue weighted by atomic mass is 31.2. The quantitative estimate of drug-likeness (QED) is 0.491. The van der Waals surface area contributed by atoms with Gasteiger partial charge in [-0.25, -0.2) is 9.65 Å². The Morgan fingerprint density at radius 2 is 1.03 bits per heavy atom. The Morgan fingerprint density at radius 1 is 0.767 bits per heavy atom. The molecule has 0 radical (unpaired) electrons. The van der Waals surface area contributed by atoms with E-state index in [1.807, 2.05) is 69.2 Å². The van der Waals surface area contributed by atoms with E-state index in [0.29, 0.717) is 25.7 Å². The molecule has 0 atom stereocenters. The molecule has 3 N–H and O–H groups in total. The topological polar surface area (TPSA) is 94.5 Å². The van der Waals surface area contributed by atoms with E-state index < -0.39 is 29.9 Å². The molecule has 2 aliphatic heterocycles. The lowest BCUT2D eigenvalue weighted by atomic mass is 9.80. The SMILES string of the molecule is CC(C)NP(=O)(OC1CC(C)(C)N(O)C(C)(C)C1)OC1CC(C)(C)N(O)C(C)(C)C1. The molecule has 2 rings (SSSR count). The normalized spacial score (nSPS) is 28.2. The average Bonchev–Trinajstić information content (AvgIpc) is 2.47. The van der Waals surface area contributed by atoms with Gasteiger partial charge in [0, 0.05) is 28.2 Å². The Morgan fingerprint density at radius 3 is 1.27 bits per heavy atom. The van der Waals surface area contributed by atoms with Gasteiger partial charge in [-0.3, -0.25) is 9.05 Å². The molecule has 0 unspecified atom stereocenters. The fourth-order valence-corrected chi connectivity index (χ4v) is 7.19. The molecule has 2 saturated heterocycles. The predicted molar refractivity (Wildman–Crippen MR) is 118 cm³/mol. The molecule has 0 aromatic rings. The average molecular weight is 450 g/mol. The summed E-state index contributed by atoms with van der Waals surface area (Å²) >= 11 is 0. The molecule has 2 heterocycles. The number of hydrogen-bond donors (Lipinski definition) is 3. The number of hydrogen-bond acceptors (Lipinski definition) is 7. The van der Waals surface area contributed by atoms with Gasteiger partial charge in [-0.15, -0.1) is 0 Å². The van der Waals surface area contributed by atoms with E-state index in [2.05, 4.69) is 5.09 Å².